The Kier molecular flexibility index (Phi) is 3.91. The van der Waals surface area contributed by atoms with Crippen molar-refractivity contribution in [1.82, 2.24) is 14.8 Å². The predicted molar refractivity (Wildman–Crippen MR) is 73.3 cm³/mol. The second-order valence-corrected chi connectivity index (χ2v) is 4.35. The van der Waals surface area contributed by atoms with Gasteiger partial charge in [0.25, 0.3) is 0 Å². The van der Waals surface area contributed by atoms with Crippen LogP contribution >= 0.6 is 0 Å². The molecule has 19 heavy (non-hydrogen) atoms. The molecule has 1 aromatic carbocycles. The van der Waals surface area contributed by atoms with Gasteiger partial charge in [-0.2, -0.15) is 0 Å². The lowest BCUT2D eigenvalue weighted by Crippen LogP contribution is -2.34. The number of hydrogen-bond donors (Lipinski definition) is 2. The number of amides is 1. The van der Waals surface area contributed by atoms with Crippen LogP contribution in [-0.4, -0.2) is 26.7 Å². The van der Waals surface area contributed by atoms with E-state index >= 15 is 0 Å². The highest BCUT2D eigenvalue weighted by atomic mass is 16.2. The summed E-state index contributed by atoms with van der Waals surface area (Å²) in [4.78, 5) is 11.6. The van der Waals surface area contributed by atoms with E-state index in [9.17, 15) is 4.79 Å². The minimum Gasteiger partial charge on any atom is -0.325 e. The fraction of sp³-hybridized carbons (Fsp3) is 0.308. The van der Waals surface area contributed by atoms with Crippen molar-refractivity contribution in [2.75, 3.05) is 5.32 Å². The van der Waals surface area contributed by atoms with Gasteiger partial charge in [0.15, 0.2) is 5.82 Å². The zero-order chi connectivity index (χ0) is 13.8. The van der Waals surface area contributed by atoms with Crippen molar-refractivity contribution in [3.05, 3.63) is 30.6 Å². The molecule has 0 aliphatic carbocycles. The third-order valence-electron chi connectivity index (χ3n) is 2.90. The summed E-state index contributed by atoms with van der Waals surface area (Å²) in [7, 11) is 1.88. The average molecular weight is 259 g/mol. The molecule has 0 spiro atoms. The summed E-state index contributed by atoms with van der Waals surface area (Å²) in [6.45, 7) is 1.88. The number of rotatable bonds is 4. The monoisotopic (exact) mass is 259 g/mol. The lowest BCUT2D eigenvalue weighted by atomic mass is 10.2. The van der Waals surface area contributed by atoms with Crippen LogP contribution in [0.4, 0.5) is 5.69 Å². The summed E-state index contributed by atoms with van der Waals surface area (Å²) in [5, 5.41) is 10.6. The number of nitrogens with zero attached hydrogens (tertiary/aromatic N) is 3. The van der Waals surface area contributed by atoms with Crippen molar-refractivity contribution in [1.29, 1.82) is 0 Å². The van der Waals surface area contributed by atoms with E-state index in [4.69, 9.17) is 5.73 Å². The largest absolute Gasteiger partial charge is 0.325 e. The van der Waals surface area contributed by atoms with Crippen molar-refractivity contribution < 1.29 is 4.79 Å². The average Bonchev–Trinajstić information content (AvgIpc) is 2.85. The molecule has 0 aliphatic rings. The van der Waals surface area contributed by atoms with Crippen LogP contribution in [0, 0.1) is 0 Å². The Bertz CT molecular complexity index is 561. The van der Waals surface area contributed by atoms with Gasteiger partial charge in [0.2, 0.25) is 5.91 Å². The summed E-state index contributed by atoms with van der Waals surface area (Å²) in [6.07, 6.45) is 2.26. The maximum absolute atomic E-state index is 11.6. The normalized spacial score (nSPS) is 12.2. The molecule has 1 aromatic heterocycles. The standard InChI is InChI=1S/C13H17N5O/c1-3-11(14)13(19)16-10-6-4-9(5-7-10)12-17-15-8-18(12)2/h4-8,11H,3,14H2,1-2H3,(H,16,19). The minimum absolute atomic E-state index is 0.172. The molecule has 1 amide bonds. The highest BCUT2D eigenvalue weighted by molar-refractivity contribution is 5.94. The summed E-state index contributed by atoms with van der Waals surface area (Å²) >= 11 is 0. The van der Waals surface area contributed by atoms with E-state index < -0.39 is 6.04 Å². The maximum Gasteiger partial charge on any atom is 0.241 e. The number of aromatic nitrogens is 3. The first kappa shape index (κ1) is 13.2. The van der Waals surface area contributed by atoms with E-state index in [2.05, 4.69) is 15.5 Å². The highest BCUT2D eigenvalue weighted by Gasteiger charge is 2.11. The van der Waals surface area contributed by atoms with Gasteiger partial charge in [-0.3, -0.25) is 4.79 Å². The van der Waals surface area contributed by atoms with Gasteiger partial charge in [-0.15, -0.1) is 10.2 Å². The molecule has 0 bridgehead atoms. The topological polar surface area (TPSA) is 85.8 Å². The summed E-state index contributed by atoms with van der Waals surface area (Å²) in [5.74, 6) is 0.608. The Morgan fingerprint density at radius 3 is 2.63 bits per heavy atom. The van der Waals surface area contributed by atoms with Gasteiger partial charge in [0.05, 0.1) is 6.04 Å². The summed E-state index contributed by atoms with van der Waals surface area (Å²) in [6, 6.07) is 6.95. The molecular weight excluding hydrogens is 242 g/mol. The molecule has 0 aliphatic heterocycles. The summed E-state index contributed by atoms with van der Waals surface area (Å²) < 4.78 is 1.83. The van der Waals surface area contributed by atoms with Crippen LogP contribution in [0.2, 0.25) is 0 Å². The molecular formula is C13H17N5O. The van der Waals surface area contributed by atoms with E-state index in [1.165, 1.54) is 0 Å². The van der Waals surface area contributed by atoms with E-state index in [1.54, 1.807) is 6.33 Å². The molecule has 2 aromatic rings. The van der Waals surface area contributed by atoms with Crippen molar-refractivity contribution in [2.45, 2.75) is 19.4 Å². The van der Waals surface area contributed by atoms with Crippen molar-refractivity contribution >= 4 is 11.6 Å². The van der Waals surface area contributed by atoms with Crippen LogP contribution in [0.3, 0.4) is 0 Å². The molecule has 3 N–H and O–H groups in total. The number of nitrogens with one attached hydrogen (secondary N) is 1. The van der Waals surface area contributed by atoms with Crippen LogP contribution < -0.4 is 11.1 Å². The van der Waals surface area contributed by atoms with Gasteiger partial charge >= 0.3 is 0 Å². The van der Waals surface area contributed by atoms with E-state index in [0.717, 1.165) is 17.1 Å². The van der Waals surface area contributed by atoms with Crippen molar-refractivity contribution in [3.63, 3.8) is 0 Å². The SMILES string of the molecule is CCC(N)C(=O)Nc1ccc(-c2nncn2C)cc1. The fourth-order valence-corrected chi connectivity index (χ4v) is 1.67. The van der Waals surface area contributed by atoms with Gasteiger partial charge < -0.3 is 15.6 Å². The predicted octanol–water partition coefficient (Wildman–Crippen LogP) is 1.16. The number of benzene rings is 1. The van der Waals surface area contributed by atoms with Crippen LogP contribution in [-0.2, 0) is 11.8 Å². The number of anilines is 1. The highest BCUT2D eigenvalue weighted by Crippen LogP contribution is 2.18. The molecule has 6 heteroatoms. The number of nitrogens with two attached hydrogens (primary N) is 1. The number of aryl methyl sites for hydroxylation is 1. The maximum atomic E-state index is 11.6. The van der Waals surface area contributed by atoms with Gasteiger partial charge in [0, 0.05) is 18.3 Å². The van der Waals surface area contributed by atoms with Gasteiger partial charge in [-0.25, -0.2) is 0 Å². The van der Waals surface area contributed by atoms with Crippen LogP contribution in [0.15, 0.2) is 30.6 Å². The molecule has 1 unspecified atom stereocenters. The molecule has 0 fully saturated rings. The van der Waals surface area contributed by atoms with Gasteiger partial charge in [0.1, 0.15) is 6.33 Å². The first-order valence-corrected chi connectivity index (χ1v) is 6.12. The molecule has 0 radical (unpaired) electrons. The molecule has 2 rings (SSSR count). The quantitative estimate of drug-likeness (QED) is 0.862. The molecule has 0 saturated heterocycles. The molecule has 0 saturated carbocycles. The van der Waals surface area contributed by atoms with Crippen LogP contribution in [0.5, 0.6) is 0 Å². The lowest BCUT2D eigenvalue weighted by molar-refractivity contribution is -0.117. The molecule has 1 heterocycles. The molecule has 6 nitrogen and oxygen atoms in total. The summed E-state index contributed by atoms with van der Waals surface area (Å²) in [5.41, 5.74) is 7.32. The van der Waals surface area contributed by atoms with E-state index in [1.807, 2.05) is 42.8 Å². The first-order chi connectivity index (χ1) is 9.11. The van der Waals surface area contributed by atoms with Gasteiger partial charge in [-0.05, 0) is 30.7 Å². The Labute approximate surface area is 111 Å². The van der Waals surface area contributed by atoms with E-state index in [0.29, 0.717) is 6.42 Å². The van der Waals surface area contributed by atoms with Crippen LogP contribution in [0.1, 0.15) is 13.3 Å². The molecule has 1 atom stereocenters. The number of carbonyl (C=O) groups excluding carboxylic acids is 1. The van der Waals surface area contributed by atoms with Crippen molar-refractivity contribution in [3.8, 4) is 11.4 Å². The van der Waals surface area contributed by atoms with Crippen molar-refractivity contribution in [2.24, 2.45) is 12.8 Å². The van der Waals surface area contributed by atoms with Gasteiger partial charge in [-0.1, -0.05) is 6.92 Å². The zero-order valence-electron chi connectivity index (χ0n) is 11.0. The second-order valence-electron chi connectivity index (χ2n) is 4.35. The third kappa shape index (κ3) is 2.97. The Morgan fingerprint density at radius 1 is 1.42 bits per heavy atom. The minimum atomic E-state index is -0.474. The van der Waals surface area contributed by atoms with Crippen LogP contribution in [0.25, 0.3) is 11.4 Å². The zero-order valence-corrected chi connectivity index (χ0v) is 11.0. The Balaban J connectivity index is 2.11. The third-order valence-corrected chi connectivity index (χ3v) is 2.90. The number of carbonyl (C=O) groups is 1. The number of hydrogen-bond acceptors (Lipinski definition) is 4. The first-order valence-electron chi connectivity index (χ1n) is 6.12. The fourth-order valence-electron chi connectivity index (χ4n) is 1.67. The Morgan fingerprint density at radius 2 is 2.11 bits per heavy atom. The van der Waals surface area contributed by atoms with E-state index in [-0.39, 0.29) is 5.91 Å². The lowest BCUT2D eigenvalue weighted by Gasteiger charge is -2.10. The molecule has 100 valence electrons. The smallest absolute Gasteiger partial charge is 0.241 e. The second kappa shape index (κ2) is 5.62. The Hall–Kier alpha value is -2.21.